The van der Waals surface area contributed by atoms with E-state index in [9.17, 15) is 4.79 Å². The van der Waals surface area contributed by atoms with E-state index in [1.807, 2.05) is 19.1 Å². The lowest BCUT2D eigenvalue weighted by atomic mass is 10.2. The second-order valence-corrected chi connectivity index (χ2v) is 5.40. The van der Waals surface area contributed by atoms with E-state index in [0.29, 0.717) is 11.4 Å². The molecule has 0 saturated heterocycles. The van der Waals surface area contributed by atoms with E-state index in [0.717, 1.165) is 10.2 Å². The highest BCUT2D eigenvalue weighted by Gasteiger charge is 2.08. The van der Waals surface area contributed by atoms with E-state index in [1.54, 1.807) is 30.3 Å². The first-order chi connectivity index (χ1) is 9.54. The van der Waals surface area contributed by atoms with Crippen molar-refractivity contribution >= 4 is 45.0 Å². The predicted molar refractivity (Wildman–Crippen MR) is 86.8 cm³/mol. The Hall–Kier alpha value is -1.79. The van der Waals surface area contributed by atoms with Gasteiger partial charge in [0.2, 0.25) is 0 Å². The van der Waals surface area contributed by atoms with Gasteiger partial charge < -0.3 is 5.32 Å². The number of rotatable bonds is 2. The molecular weight excluding hydrogens is 338 g/mol. The van der Waals surface area contributed by atoms with Gasteiger partial charge in [0.25, 0.3) is 5.91 Å². The number of thiocarbonyl (C=S) groups is 1. The van der Waals surface area contributed by atoms with Crippen molar-refractivity contribution < 1.29 is 4.79 Å². The molecule has 2 rings (SSSR count). The highest BCUT2D eigenvalue weighted by molar-refractivity contribution is 9.10. The van der Waals surface area contributed by atoms with Crippen LogP contribution in [0.3, 0.4) is 0 Å². The number of hydrogen-bond donors (Lipinski definition) is 2. The van der Waals surface area contributed by atoms with Crippen LogP contribution in [0.5, 0.6) is 0 Å². The molecule has 0 aliphatic carbocycles. The van der Waals surface area contributed by atoms with Crippen LogP contribution in [-0.2, 0) is 0 Å². The number of hydrogen-bond acceptors (Lipinski definition) is 3. The predicted octanol–water partition coefficient (Wildman–Crippen LogP) is 3.28. The van der Waals surface area contributed by atoms with Gasteiger partial charge >= 0.3 is 0 Å². The first-order valence-corrected chi connectivity index (χ1v) is 7.06. The Morgan fingerprint density at radius 2 is 1.90 bits per heavy atom. The Balaban J connectivity index is 1.97. The van der Waals surface area contributed by atoms with Gasteiger partial charge in [-0.2, -0.15) is 0 Å². The molecule has 4 nitrogen and oxygen atoms in total. The summed E-state index contributed by atoms with van der Waals surface area (Å²) in [4.78, 5) is 16.2. The number of benzene rings is 1. The van der Waals surface area contributed by atoms with Crippen molar-refractivity contribution in [1.29, 1.82) is 0 Å². The van der Waals surface area contributed by atoms with Gasteiger partial charge in [0.05, 0.1) is 0 Å². The molecule has 0 bridgehead atoms. The molecule has 2 aromatic rings. The molecule has 2 N–H and O–H groups in total. The van der Waals surface area contributed by atoms with Crippen LogP contribution >= 0.6 is 28.1 Å². The second-order valence-electron chi connectivity index (χ2n) is 4.08. The number of carbonyl (C=O) groups is 1. The molecule has 1 aromatic carbocycles. The van der Waals surface area contributed by atoms with Gasteiger partial charge in [0.1, 0.15) is 5.82 Å². The molecule has 0 spiro atoms. The van der Waals surface area contributed by atoms with Crippen LogP contribution in [-0.4, -0.2) is 16.0 Å². The number of aryl methyl sites for hydroxylation is 1. The monoisotopic (exact) mass is 349 g/mol. The maximum absolute atomic E-state index is 11.9. The molecule has 0 fully saturated rings. The average Bonchev–Trinajstić information content (AvgIpc) is 2.39. The van der Waals surface area contributed by atoms with Crippen LogP contribution in [0.15, 0.2) is 46.9 Å². The lowest BCUT2D eigenvalue weighted by Gasteiger charge is -2.09. The molecule has 1 amide bonds. The molecule has 0 saturated carbocycles. The van der Waals surface area contributed by atoms with Crippen molar-refractivity contribution in [3.05, 3.63) is 58.2 Å². The summed E-state index contributed by atoms with van der Waals surface area (Å²) in [6, 6.07) is 12.6. The molecule has 1 heterocycles. The Bertz CT molecular complexity index is 643. The molecular formula is C14H12BrN3OS. The topological polar surface area (TPSA) is 54.0 Å². The molecule has 0 unspecified atom stereocenters. The first-order valence-electron chi connectivity index (χ1n) is 5.86. The number of pyridine rings is 1. The van der Waals surface area contributed by atoms with Crippen LogP contribution in [0.1, 0.15) is 16.1 Å². The quantitative estimate of drug-likeness (QED) is 0.817. The molecule has 0 atom stereocenters. The van der Waals surface area contributed by atoms with Crippen LogP contribution in [0.4, 0.5) is 5.82 Å². The lowest BCUT2D eigenvalue weighted by molar-refractivity contribution is 0.0977. The van der Waals surface area contributed by atoms with Crippen LogP contribution in [0.2, 0.25) is 0 Å². The Kier molecular flexibility index (Phi) is 4.81. The molecule has 102 valence electrons. The Morgan fingerprint density at radius 1 is 1.20 bits per heavy atom. The molecule has 0 radical (unpaired) electrons. The van der Waals surface area contributed by atoms with Crippen LogP contribution in [0, 0.1) is 6.92 Å². The van der Waals surface area contributed by atoms with Crippen molar-refractivity contribution in [3.8, 4) is 0 Å². The fraction of sp³-hybridized carbons (Fsp3) is 0.0714. The zero-order chi connectivity index (χ0) is 14.5. The van der Waals surface area contributed by atoms with E-state index in [4.69, 9.17) is 12.2 Å². The zero-order valence-corrected chi connectivity index (χ0v) is 13.1. The van der Waals surface area contributed by atoms with Gasteiger partial charge in [0.15, 0.2) is 5.11 Å². The van der Waals surface area contributed by atoms with Crippen molar-refractivity contribution in [2.24, 2.45) is 0 Å². The fourth-order valence-electron chi connectivity index (χ4n) is 1.54. The minimum absolute atomic E-state index is 0.219. The third-order valence-corrected chi connectivity index (χ3v) is 3.20. The standard InChI is InChI=1S/C14H12BrN3OS/c1-9-3-2-4-12(16-9)17-14(20)18-13(19)10-5-7-11(15)8-6-10/h2-8H,1H3,(H2,16,17,18,19,20). The largest absolute Gasteiger partial charge is 0.317 e. The smallest absolute Gasteiger partial charge is 0.257 e. The second kappa shape index (κ2) is 6.58. The van der Waals surface area contributed by atoms with E-state index in [-0.39, 0.29) is 11.0 Å². The third kappa shape index (κ3) is 4.11. The maximum Gasteiger partial charge on any atom is 0.257 e. The zero-order valence-electron chi connectivity index (χ0n) is 10.7. The molecule has 20 heavy (non-hydrogen) atoms. The van der Waals surface area contributed by atoms with Gasteiger partial charge in [-0.1, -0.05) is 22.0 Å². The van der Waals surface area contributed by atoms with E-state index >= 15 is 0 Å². The number of nitrogens with one attached hydrogen (secondary N) is 2. The molecule has 1 aromatic heterocycles. The summed E-state index contributed by atoms with van der Waals surface area (Å²) in [6.07, 6.45) is 0. The number of anilines is 1. The van der Waals surface area contributed by atoms with E-state index in [1.165, 1.54) is 0 Å². The van der Waals surface area contributed by atoms with Gasteiger partial charge in [-0.05, 0) is 55.5 Å². The van der Waals surface area contributed by atoms with Crippen molar-refractivity contribution in [2.45, 2.75) is 6.92 Å². The molecule has 0 aliphatic rings. The summed E-state index contributed by atoms with van der Waals surface area (Å²) in [5.74, 6) is 0.341. The fourth-order valence-corrected chi connectivity index (χ4v) is 2.00. The minimum Gasteiger partial charge on any atom is -0.317 e. The lowest BCUT2D eigenvalue weighted by Crippen LogP contribution is -2.34. The summed E-state index contributed by atoms with van der Waals surface area (Å²) < 4.78 is 0.915. The Morgan fingerprint density at radius 3 is 2.55 bits per heavy atom. The third-order valence-electron chi connectivity index (χ3n) is 2.46. The van der Waals surface area contributed by atoms with Gasteiger partial charge in [-0.3, -0.25) is 10.1 Å². The van der Waals surface area contributed by atoms with Crippen LogP contribution < -0.4 is 10.6 Å². The van der Waals surface area contributed by atoms with Crippen molar-refractivity contribution in [2.75, 3.05) is 5.32 Å². The number of amides is 1. The van der Waals surface area contributed by atoms with Crippen LogP contribution in [0.25, 0.3) is 0 Å². The van der Waals surface area contributed by atoms with Gasteiger partial charge in [-0.15, -0.1) is 0 Å². The van der Waals surface area contributed by atoms with Gasteiger partial charge in [0, 0.05) is 15.7 Å². The number of aromatic nitrogens is 1. The number of halogens is 1. The Labute approximate surface area is 130 Å². The van der Waals surface area contributed by atoms with Crippen molar-refractivity contribution in [1.82, 2.24) is 10.3 Å². The summed E-state index contributed by atoms with van der Waals surface area (Å²) in [5, 5.41) is 5.70. The first kappa shape index (κ1) is 14.6. The average molecular weight is 350 g/mol. The molecule has 6 heteroatoms. The summed E-state index contributed by atoms with van der Waals surface area (Å²) in [6.45, 7) is 1.88. The maximum atomic E-state index is 11.9. The van der Waals surface area contributed by atoms with Crippen molar-refractivity contribution in [3.63, 3.8) is 0 Å². The highest BCUT2D eigenvalue weighted by atomic mass is 79.9. The number of nitrogens with zero attached hydrogens (tertiary/aromatic N) is 1. The summed E-state index contributed by atoms with van der Waals surface area (Å²) >= 11 is 8.41. The highest BCUT2D eigenvalue weighted by Crippen LogP contribution is 2.10. The minimum atomic E-state index is -0.261. The molecule has 0 aliphatic heterocycles. The normalized spacial score (nSPS) is 9.90. The van der Waals surface area contributed by atoms with E-state index in [2.05, 4.69) is 31.5 Å². The van der Waals surface area contributed by atoms with Gasteiger partial charge in [-0.25, -0.2) is 4.98 Å². The number of carbonyl (C=O) groups excluding carboxylic acids is 1. The SMILES string of the molecule is Cc1cccc(NC(=S)NC(=O)c2ccc(Br)cc2)n1. The summed E-state index contributed by atoms with van der Waals surface area (Å²) in [7, 11) is 0. The van der Waals surface area contributed by atoms with E-state index < -0.39 is 0 Å². The summed E-state index contributed by atoms with van der Waals surface area (Å²) in [5.41, 5.74) is 1.41.